The maximum absolute atomic E-state index is 11.7. The highest BCUT2D eigenvalue weighted by molar-refractivity contribution is 9.10. The van der Waals surface area contributed by atoms with Crippen LogP contribution in [0.15, 0.2) is 22.7 Å². The van der Waals surface area contributed by atoms with Crippen molar-refractivity contribution in [2.45, 2.75) is 12.1 Å². The Morgan fingerprint density at radius 2 is 2.16 bits per heavy atom. The fourth-order valence-corrected chi connectivity index (χ4v) is 5.60. The van der Waals surface area contributed by atoms with E-state index in [-0.39, 0.29) is 23.6 Å². The first kappa shape index (κ1) is 13.6. The Hall–Kier alpha value is -0.370. The summed E-state index contributed by atoms with van der Waals surface area (Å²) in [6, 6.07) is 5.17. The number of nitrogens with zero attached hydrogens (tertiary/aromatic N) is 1. The van der Waals surface area contributed by atoms with E-state index in [0.29, 0.717) is 10.1 Å². The van der Waals surface area contributed by atoms with Gasteiger partial charge >= 0.3 is 0 Å². The van der Waals surface area contributed by atoms with Gasteiger partial charge in [0.1, 0.15) is 0 Å². The summed E-state index contributed by atoms with van der Waals surface area (Å²) in [5, 5.41) is 4.15. The van der Waals surface area contributed by atoms with Crippen LogP contribution in [0.25, 0.3) is 0 Å². The Labute approximate surface area is 130 Å². The third-order valence-electron chi connectivity index (χ3n) is 3.35. The van der Waals surface area contributed by atoms with Crippen molar-refractivity contribution in [3.63, 3.8) is 0 Å². The van der Waals surface area contributed by atoms with Gasteiger partial charge in [-0.3, -0.25) is 0 Å². The minimum atomic E-state index is -3.01. The van der Waals surface area contributed by atoms with Crippen LogP contribution >= 0.6 is 39.7 Å². The monoisotopic (exact) mass is 380 g/mol. The topological polar surface area (TPSA) is 49.4 Å². The molecule has 2 saturated heterocycles. The van der Waals surface area contributed by atoms with E-state index in [4.69, 9.17) is 23.8 Å². The van der Waals surface area contributed by atoms with E-state index in [0.717, 1.165) is 10.2 Å². The second-order valence-corrected chi connectivity index (χ2v) is 8.53. The molecule has 0 radical (unpaired) electrons. The van der Waals surface area contributed by atoms with E-state index in [2.05, 4.69) is 21.2 Å². The number of anilines is 1. The number of thiocarbonyl (C=S) groups is 1. The number of fused-ring (bicyclic) bond motifs is 1. The van der Waals surface area contributed by atoms with Gasteiger partial charge in [0.05, 0.1) is 34.3 Å². The molecular weight excluding hydrogens is 372 g/mol. The van der Waals surface area contributed by atoms with Crippen LogP contribution in [-0.4, -0.2) is 37.1 Å². The van der Waals surface area contributed by atoms with E-state index in [9.17, 15) is 8.42 Å². The summed E-state index contributed by atoms with van der Waals surface area (Å²) in [6.07, 6.45) is 0. The summed E-state index contributed by atoms with van der Waals surface area (Å²) in [5.74, 6) is 0.236. The maximum atomic E-state index is 11.7. The molecule has 2 aliphatic heterocycles. The summed E-state index contributed by atoms with van der Waals surface area (Å²) < 4.78 is 24.3. The summed E-state index contributed by atoms with van der Waals surface area (Å²) in [5.41, 5.74) is 0.743. The van der Waals surface area contributed by atoms with E-state index >= 15 is 0 Å². The zero-order valence-electron chi connectivity index (χ0n) is 9.64. The first-order valence-electron chi connectivity index (χ1n) is 5.62. The van der Waals surface area contributed by atoms with Crippen molar-refractivity contribution in [2.75, 3.05) is 16.4 Å². The zero-order chi connectivity index (χ0) is 13.8. The van der Waals surface area contributed by atoms with Crippen molar-refractivity contribution in [3.8, 4) is 0 Å². The quantitative estimate of drug-likeness (QED) is 0.754. The smallest absolute Gasteiger partial charge is 0.174 e. The van der Waals surface area contributed by atoms with Gasteiger partial charge in [-0.1, -0.05) is 27.5 Å². The molecule has 4 nitrogen and oxygen atoms in total. The van der Waals surface area contributed by atoms with E-state index in [1.165, 1.54) is 0 Å². The highest BCUT2D eigenvalue weighted by Gasteiger charge is 2.48. The van der Waals surface area contributed by atoms with Crippen molar-refractivity contribution in [3.05, 3.63) is 27.7 Å². The Morgan fingerprint density at radius 1 is 1.42 bits per heavy atom. The van der Waals surface area contributed by atoms with Crippen molar-refractivity contribution < 1.29 is 8.42 Å². The third-order valence-corrected chi connectivity index (χ3v) is 6.18. The lowest BCUT2D eigenvalue weighted by Gasteiger charge is -2.24. The molecule has 1 aromatic carbocycles. The van der Waals surface area contributed by atoms with Gasteiger partial charge in [-0.25, -0.2) is 8.42 Å². The second-order valence-electron chi connectivity index (χ2n) is 4.67. The lowest BCUT2D eigenvalue weighted by Crippen LogP contribution is -2.37. The van der Waals surface area contributed by atoms with Gasteiger partial charge < -0.3 is 10.2 Å². The number of rotatable bonds is 1. The molecule has 0 aliphatic carbocycles. The van der Waals surface area contributed by atoms with Crippen LogP contribution in [0.3, 0.4) is 0 Å². The van der Waals surface area contributed by atoms with Crippen LogP contribution in [0, 0.1) is 0 Å². The normalized spacial score (nSPS) is 28.3. The molecule has 2 fully saturated rings. The van der Waals surface area contributed by atoms with Gasteiger partial charge in [0.15, 0.2) is 14.9 Å². The van der Waals surface area contributed by atoms with Gasteiger partial charge in [-0.05, 0) is 30.4 Å². The molecule has 19 heavy (non-hydrogen) atoms. The molecule has 8 heteroatoms. The molecule has 3 rings (SSSR count). The van der Waals surface area contributed by atoms with Crippen LogP contribution < -0.4 is 10.2 Å². The number of benzene rings is 1. The van der Waals surface area contributed by atoms with Crippen LogP contribution in [0.1, 0.15) is 0 Å². The standard InChI is InChI=1S/C11H10BrClN2O2S2/c12-6-1-2-9(7(13)3-6)15-10-5-19(16,17)4-8(10)14-11(15)18/h1-3,8,10H,4-5H2,(H,14,18)/t8-,10-/m0/s1. The molecule has 1 aromatic rings. The lowest BCUT2D eigenvalue weighted by molar-refractivity contribution is 0.600. The molecule has 0 saturated carbocycles. The van der Waals surface area contributed by atoms with Crippen molar-refractivity contribution in [2.24, 2.45) is 0 Å². The van der Waals surface area contributed by atoms with Crippen molar-refractivity contribution >= 4 is 60.4 Å². The highest BCUT2D eigenvalue weighted by atomic mass is 79.9. The zero-order valence-corrected chi connectivity index (χ0v) is 13.6. The molecule has 0 bridgehead atoms. The van der Waals surface area contributed by atoms with Gasteiger partial charge in [-0.15, -0.1) is 0 Å². The molecule has 102 valence electrons. The van der Waals surface area contributed by atoms with Crippen LogP contribution in [-0.2, 0) is 9.84 Å². The van der Waals surface area contributed by atoms with Gasteiger partial charge in [0.25, 0.3) is 0 Å². The van der Waals surface area contributed by atoms with Gasteiger partial charge in [0, 0.05) is 4.47 Å². The third kappa shape index (κ3) is 2.37. The maximum Gasteiger partial charge on any atom is 0.174 e. The number of hydrogen-bond acceptors (Lipinski definition) is 3. The number of halogens is 2. The van der Waals surface area contributed by atoms with E-state index < -0.39 is 9.84 Å². The number of hydrogen-bond donors (Lipinski definition) is 1. The number of sulfone groups is 1. The summed E-state index contributed by atoms with van der Waals surface area (Å²) in [7, 11) is -3.01. The fourth-order valence-electron chi connectivity index (χ4n) is 2.56. The second kappa shape index (κ2) is 4.58. The predicted octanol–water partition coefficient (Wildman–Crippen LogP) is 1.96. The van der Waals surface area contributed by atoms with Crippen molar-refractivity contribution in [1.29, 1.82) is 0 Å². The Kier molecular flexibility index (Phi) is 3.28. The molecular formula is C11H10BrClN2O2S2. The summed E-state index contributed by atoms with van der Waals surface area (Å²) >= 11 is 14.9. The van der Waals surface area contributed by atoms with Crippen LogP contribution in [0.4, 0.5) is 5.69 Å². The van der Waals surface area contributed by atoms with Gasteiger partial charge in [0.2, 0.25) is 0 Å². The molecule has 2 aliphatic rings. The molecule has 0 spiro atoms. The van der Waals surface area contributed by atoms with Crippen LogP contribution in [0.2, 0.25) is 5.02 Å². The molecule has 0 amide bonds. The summed E-state index contributed by atoms with van der Waals surface area (Å²) in [4.78, 5) is 1.82. The average Bonchev–Trinajstić information content (AvgIpc) is 2.70. The fraction of sp³-hybridized carbons (Fsp3) is 0.364. The first-order valence-corrected chi connectivity index (χ1v) is 9.03. The molecule has 2 heterocycles. The molecule has 0 unspecified atom stereocenters. The Bertz CT molecular complexity index is 665. The largest absolute Gasteiger partial charge is 0.356 e. The highest BCUT2D eigenvalue weighted by Crippen LogP contribution is 2.35. The minimum absolute atomic E-state index is 0.108. The number of nitrogens with one attached hydrogen (secondary N) is 1. The van der Waals surface area contributed by atoms with Gasteiger partial charge in [-0.2, -0.15) is 0 Å². The van der Waals surface area contributed by atoms with Crippen molar-refractivity contribution in [1.82, 2.24) is 5.32 Å². The summed E-state index contributed by atoms with van der Waals surface area (Å²) in [6.45, 7) is 0. The minimum Gasteiger partial charge on any atom is -0.356 e. The lowest BCUT2D eigenvalue weighted by atomic mass is 10.1. The Balaban J connectivity index is 2.02. The van der Waals surface area contributed by atoms with E-state index in [1.807, 2.05) is 17.0 Å². The Morgan fingerprint density at radius 3 is 2.84 bits per heavy atom. The SMILES string of the molecule is O=S1(=O)C[C@@H]2NC(=S)N(c3ccc(Br)cc3Cl)[C@H]2C1. The van der Waals surface area contributed by atoms with E-state index in [1.54, 1.807) is 6.07 Å². The predicted molar refractivity (Wildman–Crippen MR) is 83.6 cm³/mol. The van der Waals surface area contributed by atoms with Crippen LogP contribution in [0.5, 0.6) is 0 Å². The molecule has 2 atom stereocenters. The molecule has 0 aromatic heterocycles. The first-order chi connectivity index (χ1) is 8.87. The average molecular weight is 382 g/mol. The molecule has 1 N–H and O–H groups in total.